The molecule has 4 nitrogen and oxygen atoms in total. The van der Waals surface area contributed by atoms with Crippen molar-refractivity contribution in [2.75, 3.05) is 13.2 Å². The molecule has 0 saturated heterocycles. The van der Waals surface area contributed by atoms with Crippen LogP contribution < -0.4 is 0 Å². The molecule has 0 aromatic carbocycles. The summed E-state index contributed by atoms with van der Waals surface area (Å²) in [7, 11) is 0. The van der Waals surface area contributed by atoms with E-state index in [9.17, 15) is 9.59 Å². The largest absolute Gasteiger partial charge is 0.465 e. The van der Waals surface area contributed by atoms with Crippen molar-refractivity contribution in [2.24, 2.45) is 5.41 Å². The minimum absolute atomic E-state index is 0.199. The molecule has 0 unspecified atom stereocenters. The molecular weight excluding hydrogens is 220 g/mol. The highest BCUT2D eigenvalue weighted by molar-refractivity contribution is 6.04. The molecule has 0 bridgehead atoms. The van der Waals surface area contributed by atoms with Crippen molar-refractivity contribution in [3.8, 4) is 0 Å². The molecule has 0 atom stereocenters. The fourth-order valence-electron chi connectivity index (χ4n) is 1.38. The molecule has 0 aliphatic carbocycles. The summed E-state index contributed by atoms with van der Waals surface area (Å²) < 4.78 is 9.82. The monoisotopic (exact) mass is 240 g/mol. The third-order valence-corrected chi connectivity index (χ3v) is 2.06. The first-order valence-corrected chi connectivity index (χ1v) is 5.58. The van der Waals surface area contributed by atoms with Gasteiger partial charge in [-0.05, 0) is 27.7 Å². The van der Waals surface area contributed by atoms with Crippen LogP contribution in [0, 0.1) is 5.41 Å². The maximum Gasteiger partial charge on any atom is 0.331 e. The van der Waals surface area contributed by atoms with E-state index in [1.165, 1.54) is 12.2 Å². The van der Waals surface area contributed by atoms with Crippen molar-refractivity contribution >= 4 is 11.9 Å². The Labute approximate surface area is 102 Å². The van der Waals surface area contributed by atoms with E-state index < -0.39 is 17.4 Å². The summed E-state index contributed by atoms with van der Waals surface area (Å²) in [5, 5.41) is 0. The van der Waals surface area contributed by atoms with Crippen LogP contribution in [0.25, 0.3) is 0 Å². The highest BCUT2D eigenvalue weighted by atomic mass is 16.6. The maximum atomic E-state index is 11.9. The molecule has 96 valence electrons. The first kappa shape index (κ1) is 15.4. The van der Waals surface area contributed by atoms with Gasteiger partial charge in [-0.1, -0.05) is 17.7 Å². The highest BCUT2D eigenvalue weighted by Crippen LogP contribution is 2.27. The van der Waals surface area contributed by atoms with Crippen LogP contribution in [-0.4, -0.2) is 25.2 Å². The molecule has 0 aromatic heterocycles. The van der Waals surface area contributed by atoms with Crippen molar-refractivity contribution in [1.29, 1.82) is 0 Å². The number of esters is 2. The molecule has 0 saturated carbocycles. The Bertz CT molecular complexity index is 306. The van der Waals surface area contributed by atoms with Gasteiger partial charge in [0.1, 0.15) is 0 Å². The van der Waals surface area contributed by atoms with Crippen LogP contribution in [-0.2, 0) is 19.1 Å². The summed E-state index contributed by atoms with van der Waals surface area (Å²) >= 11 is 0. The number of ether oxygens (including phenoxy) is 2. The normalized spacial score (nSPS) is 10.4. The van der Waals surface area contributed by atoms with Gasteiger partial charge in [-0.2, -0.15) is 0 Å². The summed E-state index contributed by atoms with van der Waals surface area (Å²) in [6.45, 7) is 10.9. The van der Waals surface area contributed by atoms with Gasteiger partial charge in [0.05, 0.1) is 13.2 Å². The van der Waals surface area contributed by atoms with Crippen LogP contribution in [0.4, 0.5) is 0 Å². The van der Waals surface area contributed by atoms with Gasteiger partial charge in [0.15, 0.2) is 0 Å². The molecule has 0 heterocycles. The molecule has 0 aliphatic heterocycles. The first-order valence-electron chi connectivity index (χ1n) is 5.58. The van der Waals surface area contributed by atoms with Crippen LogP contribution in [0.2, 0.25) is 0 Å². The average molecular weight is 240 g/mol. The molecule has 17 heavy (non-hydrogen) atoms. The number of hydrogen-bond donors (Lipinski definition) is 0. The topological polar surface area (TPSA) is 52.6 Å². The van der Waals surface area contributed by atoms with E-state index in [0.29, 0.717) is 0 Å². The second-order valence-corrected chi connectivity index (χ2v) is 3.74. The van der Waals surface area contributed by atoms with Gasteiger partial charge in [0.25, 0.3) is 0 Å². The minimum Gasteiger partial charge on any atom is -0.465 e. The molecule has 0 fully saturated rings. The molecule has 0 aromatic rings. The zero-order valence-electron chi connectivity index (χ0n) is 10.9. The Morgan fingerprint density at radius 1 is 1.12 bits per heavy atom. The van der Waals surface area contributed by atoms with Crippen molar-refractivity contribution in [3.05, 3.63) is 24.3 Å². The third kappa shape index (κ3) is 3.73. The first-order chi connectivity index (χ1) is 7.94. The molecule has 0 amide bonds. The standard InChI is InChI=1S/C13H20O4/c1-6-13(9-10(4)5,11(14)16-7-2)12(15)17-8-3/h6,9H,1,7-8H2,2-5H3. The Morgan fingerprint density at radius 3 is 1.76 bits per heavy atom. The second kappa shape index (κ2) is 6.89. The van der Waals surface area contributed by atoms with Gasteiger partial charge in [-0.25, -0.2) is 0 Å². The summed E-state index contributed by atoms with van der Waals surface area (Å²) in [5.41, 5.74) is -0.726. The predicted octanol–water partition coefficient (Wildman–Crippen LogP) is 2.25. The van der Waals surface area contributed by atoms with Gasteiger partial charge < -0.3 is 9.47 Å². The molecule has 4 heteroatoms. The Hall–Kier alpha value is -1.58. The molecular formula is C13H20O4. The maximum absolute atomic E-state index is 11.9. The SMILES string of the molecule is C=CC(C=C(C)C)(C(=O)OCC)C(=O)OCC. The van der Waals surface area contributed by atoms with Crippen LogP contribution in [0.5, 0.6) is 0 Å². The lowest BCUT2D eigenvalue weighted by Crippen LogP contribution is -2.39. The van der Waals surface area contributed by atoms with E-state index in [2.05, 4.69) is 6.58 Å². The van der Waals surface area contributed by atoms with Crippen molar-refractivity contribution in [1.82, 2.24) is 0 Å². The zero-order valence-corrected chi connectivity index (χ0v) is 10.9. The van der Waals surface area contributed by atoms with Crippen LogP contribution in [0.15, 0.2) is 24.3 Å². The van der Waals surface area contributed by atoms with Gasteiger partial charge in [-0.3, -0.25) is 9.59 Å². The van der Waals surface area contributed by atoms with Gasteiger partial charge in [0.2, 0.25) is 5.41 Å². The lowest BCUT2D eigenvalue weighted by Gasteiger charge is -2.23. The van der Waals surface area contributed by atoms with Crippen molar-refractivity contribution < 1.29 is 19.1 Å². The number of hydrogen-bond acceptors (Lipinski definition) is 4. The lowest BCUT2D eigenvalue weighted by molar-refractivity contribution is -0.164. The lowest BCUT2D eigenvalue weighted by atomic mass is 9.86. The van der Waals surface area contributed by atoms with E-state index in [-0.39, 0.29) is 13.2 Å². The number of carbonyl (C=O) groups is 2. The van der Waals surface area contributed by atoms with Crippen LogP contribution in [0.1, 0.15) is 27.7 Å². The van der Waals surface area contributed by atoms with Crippen LogP contribution >= 0.6 is 0 Å². The number of allylic oxidation sites excluding steroid dienone is 1. The Morgan fingerprint density at radius 2 is 1.53 bits per heavy atom. The summed E-state index contributed by atoms with van der Waals surface area (Å²) in [4.78, 5) is 23.8. The molecule has 0 aliphatic rings. The predicted molar refractivity (Wildman–Crippen MR) is 65.3 cm³/mol. The summed E-state index contributed by atoms with van der Waals surface area (Å²) in [6, 6.07) is 0. The molecule has 0 spiro atoms. The van der Waals surface area contributed by atoms with Gasteiger partial charge >= 0.3 is 11.9 Å². The van der Waals surface area contributed by atoms with Crippen molar-refractivity contribution in [3.63, 3.8) is 0 Å². The zero-order chi connectivity index (χ0) is 13.5. The van der Waals surface area contributed by atoms with Crippen LogP contribution in [0.3, 0.4) is 0 Å². The van der Waals surface area contributed by atoms with E-state index >= 15 is 0 Å². The minimum atomic E-state index is -1.54. The van der Waals surface area contributed by atoms with E-state index in [4.69, 9.17) is 9.47 Å². The Balaban J connectivity index is 5.44. The molecule has 0 rings (SSSR count). The van der Waals surface area contributed by atoms with E-state index in [0.717, 1.165) is 5.57 Å². The summed E-state index contributed by atoms with van der Waals surface area (Å²) in [6.07, 6.45) is 2.77. The fraction of sp³-hybridized carbons (Fsp3) is 0.538. The van der Waals surface area contributed by atoms with E-state index in [1.807, 2.05) is 0 Å². The fourth-order valence-corrected chi connectivity index (χ4v) is 1.38. The third-order valence-electron chi connectivity index (χ3n) is 2.06. The van der Waals surface area contributed by atoms with E-state index in [1.54, 1.807) is 27.7 Å². The average Bonchev–Trinajstić information content (AvgIpc) is 2.26. The Kier molecular flexibility index (Phi) is 6.25. The quantitative estimate of drug-likeness (QED) is 0.406. The smallest absolute Gasteiger partial charge is 0.331 e. The number of carbonyl (C=O) groups excluding carboxylic acids is 2. The number of rotatable bonds is 6. The molecule has 0 radical (unpaired) electrons. The second-order valence-electron chi connectivity index (χ2n) is 3.74. The molecule has 0 N–H and O–H groups in total. The van der Waals surface area contributed by atoms with Gasteiger partial charge in [-0.15, -0.1) is 6.58 Å². The highest BCUT2D eigenvalue weighted by Gasteiger charge is 2.44. The van der Waals surface area contributed by atoms with Gasteiger partial charge in [0, 0.05) is 0 Å². The van der Waals surface area contributed by atoms with Crippen molar-refractivity contribution in [2.45, 2.75) is 27.7 Å². The summed E-state index contributed by atoms with van der Waals surface area (Å²) in [5.74, 6) is -1.32.